The summed E-state index contributed by atoms with van der Waals surface area (Å²) in [6.45, 7) is 3.88. The number of carbonyl (C=O) groups excluding carboxylic acids is 2. The zero-order chi connectivity index (χ0) is 15.2. The molecule has 114 valence electrons. The van der Waals surface area contributed by atoms with Crippen LogP contribution in [0.1, 0.15) is 35.2 Å². The van der Waals surface area contributed by atoms with E-state index in [2.05, 4.69) is 16.0 Å². The lowest BCUT2D eigenvalue weighted by Crippen LogP contribution is -2.32. The van der Waals surface area contributed by atoms with Gasteiger partial charge >= 0.3 is 0 Å². The van der Waals surface area contributed by atoms with E-state index in [0.717, 1.165) is 31.5 Å². The van der Waals surface area contributed by atoms with Gasteiger partial charge in [0.25, 0.3) is 5.91 Å². The number of amides is 2. The van der Waals surface area contributed by atoms with Gasteiger partial charge in [-0.25, -0.2) is 0 Å². The maximum absolute atomic E-state index is 12.1. The van der Waals surface area contributed by atoms with E-state index in [4.69, 9.17) is 0 Å². The maximum atomic E-state index is 12.1. The predicted octanol–water partition coefficient (Wildman–Crippen LogP) is 1.68. The Kier molecular flexibility index (Phi) is 5.33. The van der Waals surface area contributed by atoms with Crippen molar-refractivity contribution < 1.29 is 9.59 Å². The van der Waals surface area contributed by atoms with Gasteiger partial charge in [-0.2, -0.15) is 0 Å². The highest BCUT2D eigenvalue weighted by Gasteiger charge is 2.17. The van der Waals surface area contributed by atoms with E-state index in [1.807, 2.05) is 13.0 Å². The van der Waals surface area contributed by atoms with Crippen molar-refractivity contribution in [2.75, 3.05) is 25.5 Å². The number of aryl methyl sites for hydroxylation is 1. The van der Waals surface area contributed by atoms with Crippen molar-refractivity contribution in [1.29, 1.82) is 0 Å². The van der Waals surface area contributed by atoms with E-state index in [1.54, 1.807) is 19.2 Å². The van der Waals surface area contributed by atoms with Gasteiger partial charge < -0.3 is 16.0 Å². The third kappa shape index (κ3) is 4.29. The zero-order valence-corrected chi connectivity index (χ0v) is 12.7. The van der Waals surface area contributed by atoms with Gasteiger partial charge in [-0.3, -0.25) is 9.59 Å². The van der Waals surface area contributed by atoms with Crippen molar-refractivity contribution >= 4 is 17.5 Å². The molecule has 0 radical (unpaired) electrons. The molecule has 3 N–H and O–H groups in total. The van der Waals surface area contributed by atoms with Crippen molar-refractivity contribution in [3.63, 3.8) is 0 Å². The molecule has 1 fully saturated rings. The Morgan fingerprint density at radius 2 is 2.19 bits per heavy atom. The molecular weight excluding hydrogens is 266 g/mol. The molecule has 2 amide bonds. The number of carbonyl (C=O) groups is 2. The maximum Gasteiger partial charge on any atom is 0.251 e. The minimum atomic E-state index is -0.151. The number of benzene rings is 1. The lowest BCUT2D eigenvalue weighted by atomic mass is 9.96. The topological polar surface area (TPSA) is 70.2 Å². The molecule has 1 aliphatic heterocycles. The summed E-state index contributed by atoms with van der Waals surface area (Å²) in [5.74, 6) is 0.268. The normalized spacial score (nSPS) is 18.1. The number of nitrogens with one attached hydrogen (secondary N) is 3. The Hall–Kier alpha value is -1.88. The first-order valence-electron chi connectivity index (χ1n) is 7.43. The van der Waals surface area contributed by atoms with Crippen LogP contribution in [0.3, 0.4) is 0 Å². The van der Waals surface area contributed by atoms with Crippen molar-refractivity contribution in [3.05, 3.63) is 29.3 Å². The van der Waals surface area contributed by atoms with Gasteiger partial charge in [0.05, 0.1) is 0 Å². The summed E-state index contributed by atoms with van der Waals surface area (Å²) < 4.78 is 0. The van der Waals surface area contributed by atoms with Crippen LogP contribution in [-0.2, 0) is 4.79 Å². The second-order valence-corrected chi connectivity index (χ2v) is 5.57. The van der Waals surface area contributed by atoms with E-state index in [-0.39, 0.29) is 11.8 Å². The molecule has 1 unspecified atom stereocenters. The van der Waals surface area contributed by atoms with E-state index >= 15 is 0 Å². The predicted molar refractivity (Wildman–Crippen MR) is 83.4 cm³/mol. The minimum absolute atomic E-state index is 0.0147. The summed E-state index contributed by atoms with van der Waals surface area (Å²) in [6, 6.07) is 5.34. The SMILES string of the molecule is CNC(=O)c1ccc(C)c(NC(=O)CC2CCCNC2)c1. The van der Waals surface area contributed by atoms with E-state index < -0.39 is 0 Å². The molecule has 1 aromatic carbocycles. The summed E-state index contributed by atoms with van der Waals surface area (Å²) in [7, 11) is 1.59. The quantitative estimate of drug-likeness (QED) is 0.790. The van der Waals surface area contributed by atoms with Crippen LogP contribution < -0.4 is 16.0 Å². The molecular formula is C16H23N3O2. The Morgan fingerprint density at radius 1 is 1.38 bits per heavy atom. The van der Waals surface area contributed by atoms with Crippen molar-refractivity contribution in [2.24, 2.45) is 5.92 Å². The average molecular weight is 289 g/mol. The van der Waals surface area contributed by atoms with Gasteiger partial charge in [0.2, 0.25) is 5.91 Å². The van der Waals surface area contributed by atoms with Crippen molar-refractivity contribution in [1.82, 2.24) is 10.6 Å². The lowest BCUT2D eigenvalue weighted by Gasteiger charge is -2.22. The summed E-state index contributed by atoms with van der Waals surface area (Å²) in [6.07, 6.45) is 2.75. The van der Waals surface area contributed by atoms with Gasteiger partial charge in [-0.15, -0.1) is 0 Å². The van der Waals surface area contributed by atoms with Crippen LogP contribution in [0.15, 0.2) is 18.2 Å². The molecule has 5 nitrogen and oxygen atoms in total. The molecule has 21 heavy (non-hydrogen) atoms. The van der Waals surface area contributed by atoms with Gasteiger partial charge in [-0.05, 0) is 56.5 Å². The second kappa shape index (κ2) is 7.22. The molecule has 1 aromatic rings. The standard InChI is InChI=1S/C16H23N3O2/c1-11-5-6-13(16(21)17-2)9-14(11)19-15(20)8-12-4-3-7-18-10-12/h5-6,9,12,18H,3-4,7-8,10H2,1-2H3,(H,17,21)(H,19,20). The zero-order valence-electron chi connectivity index (χ0n) is 12.7. The molecule has 1 atom stereocenters. The first-order chi connectivity index (χ1) is 10.1. The largest absolute Gasteiger partial charge is 0.355 e. The fraction of sp³-hybridized carbons (Fsp3) is 0.500. The molecule has 2 rings (SSSR count). The lowest BCUT2D eigenvalue weighted by molar-refractivity contribution is -0.117. The Labute approximate surface area is 125 Å². The smallest absolute Gasteiger partial charge is 0.251 e. The third-order valence-electron chi connectivity index (χ3n) is 3.87. The van der Waals surface area contributed by atoms with Crippen LogP contribution >= 0.6 is 0 Å². The first-order valence-corrected chi connectivity index (χ1v) is 7.43. The number of piperidine rings is 1. The second-order valence-electron chi connectivity index (χ2n) is 5.57. The van der Waals surface area contributed by atoms with Gasteiger partial charge in [0.1, 0.15) is 0 Å². The molecule has 1 heterocycles. The molecule has 5 heteroatoms. The van der Waals surface area contributed by atoms with E-state index in [0.29, 0.717) is 23.6 Å². The Morgan fingerprint density at radius 3 is 2.86 bits per heavy atom. The number of hydrogen-bond acceptors (Lipinski definition) is 3. The third-order valence-corrected chi connectivity index (χ3v) is 3.87. The molecule has 1 saturated heterocycles. The van der Waals surface area contributed by atoms with Crippen molar-refractivity contribution in [2.45, 2.75) is 26.2 Å². The fourth-order valence-corrected chi connectivity index (χ4v) is 2.60. The van der Waals surface area contributed by atoms with Crippen LogP contribution in [0.5, 0.6) is 0 Å². The molecule has 0 bridgehead atoms. The first kappa shape index (κ1) is 15.5. The summed E-state index contributed by atoms with van der Waals surface area (Å²) in [4.78, 5) is 23.8. The number of anilines is 1. The van der Waals surface area contributed by atoms with Gasteiger partial charge in [0, 0.05) is 24.7 Å². The van der Waals surface area contributed by atoms with E-state index in [1.165, 1.54) is 0 Å². The van der Waals surface area contributed by atoms with Gasteiger partial charge in [-0.1, -0.05) is 6.07 Å². The van der Waals surface area contributed by atoms with Crippen molar-refractivity contribution in [3.8, 4) is 0 Å². The van der Waals surface area contributed by atoms with Crippen LogP contribution in [0.4, 0.5) is 5.69 Å². The minimum Gasteiger partial charge on any atom is -0.355 e. The van der Waals surface area contributed by atoms with Crippen LogP contribution in [0.25, 0.3) is 0 Å². The molecule has 0 saturated carbocycles. The van der Waals surface area contributed by atoms with Gasteiger partial charge in [0.15, 0.2) is 0 Å². The summed E-state index contributed by atoms with van der Waals surface area (Å²) in [5.41, 5.74) is 2.22. The van der Waals surface area contributed by atoms with E-state index in [9.17, 15) is 9.59 Å². The molecule has 1 aliphatic rings. The summed E-state index contributed by atoms with van der Waals surface area (Å²) in [5, 5.41) is 8.83. The highest BCUT2D eigenvalue weighted by Crippen LogP contribution is 2.19. The number of rotatable bonds is 4. The highest BCUT2D eigenvalue weighted by atomic mass is 16.2. The fourth-order valence-electron chi connectivity index (χ4n) is 2.60. The molecule has 0 aliphatic carbocycles. The van der Waals surface area contributed by atoms with Crippen LogP contribution in [-0.4, -0.2) is 32.0 Å². The van der Waals surface area contributed by atoms with Crippen LogP contribution in [0.2, 0.25) is 0 Å². The average Bonchev–Trinajstić information content (AvgIpc) is 2.49. The highest BCUT2D eigenvalue weighted by molar-refractivity contribution is 5.97. The van der Waals surface area contributed by atoms with Crippen LogP contribution in [0, 0.1) is 12.8 Å². The Balaban J connectivity index is 2.00. The number of hydrogen-bond donors (Lipinski definition) is 3. The molecule has 0 aromatic heterocycles. The summed E-state index contributed by atoms with van der Waals surface area (Å²) >= 11 is 0. The Bertz CT molecular complexity index is 522. The molecule has 0 spiro atoms. The monoisotopic (exact) mass is 289 g/mol.